The van der Waals surface area contributed by atoms with Gasteiger partial charge in [0, 0.05) is 77.2 Å². The molecule has 1 aromatic heterocycles. The largest absolute Gasteiger partial charge is 0.345 e. The molecule has 180 valence electrons. The summed E-state index contributed by atoms with van der Waals surface area (Å²) in [6.45, 7) is 1.90. The number of carbonyl (C=O) groups excluding carboxylic acids is 2. The fourth-order valence-corrected chi connectivity index (χ4v) is 4.06. The number of alkyl halides is 1. The number of hydrogen-bond donors (Lipinski definition) is 0. The fourth-order valence-electron chi connectivity index (χ4n) is 3.82. The molecule has 0 saturated heterocycles. The highest BCUT2D eigenvalue weighted by molar-refractivity contribution is 6.18. The highest BCUT2D eigenvalue weighted by Crippen LogP contribution is 2.18. The van der Waals surface area contributed by atoms with E-state index in [1.54, 1.807) is 44.2 Å². The Hall–Kier alpha value is -3.16. The van der Waals surface area contributed by atoms with Gasteiger partial charge < -0.3 is 9.80 Å². The summed E-state index contributed by atoms with van der Waals surface area (Å²) < 4.78 is 1.87. The van der Waals surface area contributed by atoms with Crippen molar-refractivity contribution in [1.82, 2.24) is 24.5 Å². The Bertz CT molecular complexity index is 1030. The zero-order chi connectivity index (χ0) is 24.7. The lowest BCUT2D eigenvalue weighted by molar-refractivity contribution is 0.0820. The predicted molar refractivity (Wildman–Crippen MR) is 135 cm³/mol. The van der Waals surface area contributed by atoms with Crippen LogP contribution in [0.25, 0.3) is 0 Å². The monoisotopic (exact) mass is 481 g/mol. The molecule has 1 unspecified atom stereocenters. The van der Waals surface area contributed by atoms with Crippen molar-refractivity contribution in [2.24, 2.45) is 0 Å². The molecule has 0 radical (unpaired) electrons. The Morgan fingerprint density at radius 1 is 0.882 bits per heavy atom. The van der Waals surface area contributed by atoms with Crippen molar-refractivity contribution in [3.05, 3.63) is 89.2 Å². The minimum absolute atomic E-state index is 0.0187. The number of rotatable bonds is 10. The normalized spacial score (nSPS) is 11.9. The molecule has 0 fully saturated rings. The molecule has 34 heavy (non-hydrogen) atoms. The zero-order valence-corrected chi connectivity index (χ0v) is 20.9. The minimum Gasteiger partial charge on any atom is -0.345 e. The van der Waals surface area contributed by atoms with Gasteiger partial charge >= 0.3 is 0 Å². The van der Waals surface area contributed by atoms with Gasteiger partial charge in [-0.15, -0.1) is 11.6 Å². The molecular formula is C26H32ClN5O2. The van der Waals surface area contributed by atoms with Gasteiger partial charge in [0.1, 0.15) is 0 Å². The average Bonchev–Trinajstić information content (AvgIpc) is 3.36. The number of aromatic nitrogens is 2. The van der Waals surface area contributed by atoms with Gasteiger partial charge in [0.25, 0.3) is 11.8 Å². The van der Waals surface area contributed by atoms with Crippen LogP contribution in [0.4, 0.5) is 0 Å². The van der Waals surface area contributed by atoms with Gasteiger partial charge in [-0.1, -0.05) is 24.3 Å². The second-order valence-corrected chi connectivity index (χ2v) is 9.07. The van der Waals surface area contributed by atoms with Crippen LogP contribution >= 0.6 is 11.6 Å². The molecule has 0 N–H and O–H groups in total. The molecule has 0 bridgehead atoms. The van der Waals surface area contributed by atoms with Crippen LogP contribution in [-0.2, 0) is 13.1 Å². The first-order valence-corrected chi connectivity index (χ1v) is 11.7. The van der Waals surface area contributed by atoms with Crippen molar-refractivity contribution in [3.8, 4) is 0 Å². The average molecular weight is 482 g/mol. The molecule has 2 aromatic carbocycles. The first kappa shape index (κ1) is 25.5. The van der Waals surface area contributed by atoms with E-state index in [0.717, 1.165) is 11.1 Å². The van der Waals surface area contributed by atoms with E-state index < -0.39 is 0 Å². The van der Waals surface area contributed by atoms with Crippen LogP contribution in [0.15, 0.2) is 67.0 Å². The molecule has 0 aliphatic heterocycles. The Kier molecular flexibility index (Phi) is 8.85. The van der Waals surface area contributed by atoms with Crippen LogP contribution < -0.4 is 0 Å². The maximum Gasteiger partial charge on any atom is 0.253 e. The summed E-state index contributed by atoms with van der Waals surface area (Å²) in [5, 5.41) is 4.37. The summed E-state index contributed by atoms with van der Waals surface area (Å²) >= 11 is 6.32. The minimum atomic E-state index is -0.0292. The first-order valence-electron chi connectivity index (χ1n) is 11.2. The quantitative estimate of drug-likeness (QED) is 0.413. The lowest BCUT2D eigenvalue weighted by Crippen LogP contribution is -2.32. The lowest BCUT2D eigenvalue weighted by Gasteiger charge is -2.27. The van der Waals surface area contributed by atoms with E-state index >= 15 is 0 Å². The topological polar surface area (TPSA) is 61.7 Å². The van der Waals surface area contributed by atoms with Gasteiger partial charge in [-0.25, -0.2) is 0 Å². The molecular weight excluding hydrogens is 450 g/mol. The van der Waals surface area contributed by atoms with Gasteiger partial charge in [0.2, 0.25) is 0 Å². The second kappa shape index (κ2) is 11.8. The van der Waals surface area contributed by atoms with Crippen molar-refractivity contribution in [2.75, 3.05) is 40.6 Å². The van der Waals surface area contributed by atoms with Crippen LogP contribution in [-0.4, -0.2) is 76.9 Å². The van der Waals surface area contributed by atoms with E-state index in [1.165, 1.54) is 0 Å². The summed E-state index contributed by atoms with van der Waals surface area (Å²) in [7, 11) is 6.99. The summed E-state index contributed by atoms with van der Waals surface area (Å²) in [6, 6.07) is 17.3. The van der Waals surface area contributed by atoms with E-state index in [2.05, 4.69) is 10.00 Å². The van der Waals surface area contributed by atoms with Gasteiger partial charge in [-0.05, 0) is 41.5 Å². The molecule has 1 heterocycles. The third kappa shape index (κ3) is 6.68. The molecule has 0 spiro atoms. The number of halogens is 1. The van der Waals surface area contributed by atoms with Gasteiger partial charge in [0.05, 0.1) is 6.04 Å². The van der Waals surface area contributed by atoms with Crippen molar-refractivity contribution in [2.45, 2.75) is 19.1 Å². The molecule has 2 amide bonds. The third-order valence-corrected chi connectivity index (χ3v) is 5.87. The maximum absolute atomic E-state index is 12.5. The number of amides is 2. The Balaban J connectivity index is 1.87. The molecule has 7 nitrogen and oxygen atoms in total. The molecule has 0 aliphatic carbocycles. The van der Waals surface area contributed by atoms with Crippen molar-refractivity contribution < 1.29 is 9.59 Å². The number of carbonyl (C=O) groups is 2. The highest BCUT2D eigenvalue weighted by atomic mass is 35.5. The summed E-state index contributed by atoms with van der Waals surface area (Å²) in [6.07, 6.45) is 3.66. The van der Waals surface area contributed by atoms with E-state index in [0.29, 0.717) is 36.6 Å². The summed E-state index contributed by atoms with van der Waals surface area (Å²) in [5.74, 6) is 0.355. The standard InChI is InChI=1S/C26H32ClN5O2/c1-29(2)25(33)22-10-5-8-20(14-22)17-31(19-24(16-27)32-13-7-12-28-32)18-21-9-6-11-23(15-21)26(34)30(3)4/h5-15,24H,16-19H2,1-4H3. The van der Waals surface area contributed by atoms with Crippen LogP contribution in [0.5, 0.6) is 0 Å². The smallest absolute Gasteiger partial charge is 0.253 e. The van der Waals surface area contributed by atoms with Crippen LogP contribution in [0, 0.1) is 0 Å². The van der Waals surface area contributed by atoms with Crippen LogP contribution in [0.2, 0.25) is 0 Å². The van der Waals surface area contributed by atoms with Crippen LogP contribution in [0.3, 0.4) is 0 Å². The first-order chi connectivity index (χ1) is 16.3. The fraction of sp³-hybridized carbons (Fsp3) is 0.346. The van der Waals surface area contributed by atoms with E-state index in [-0.39, 0.29) is 17.9 Å². The predicted octanol–water partition coefficient (Wildman–Crippen LogP) is 3.77. The SMILES string of the molecule is CN(C)C(=O)c1cccc(CN(Cc2cccc(C(=O)N(C)C)c2)CC(CCl)n2cccn2)c1. The molecule has 1 atom stereocenters. The second-order valence-electron chi connectivity index (χ2n) is 8.76. The molecule has 3 aromatic rings. The Morgan fingerprint density at radius 3 is 1.82 bits per heavy atom. The van der Waals surface area contributed by atoms with Gasteiger partial charge in [0.15, 0.2) is 0 Å². The maximum atomic E-state index is 12.5. The Labute approximate surface area is 206 Å². The zero-order valence-electron chi connectivity index (χ0n) is 20.2. The van der Waals surface area contributed by atoms with E-state index in [1.807, 2.05) is 65.5 Å². The number of nitrogens with zero attached hydrogens (tertiary/aromatic N) is 5. The molecule has 0 saturated carbocycles. The van der Waals surface area contributed by atoms with Crippen molar-refractivity contribution in [1.29, 1.82) is 0 Å². The van der Waals surface area contributed by atoms with Crippen molar-refractivity contribution >= 4 is 23.4 Å². The third-order valence-electron chi connectivity index (χ3n) is 5.52. The number of hydrogen-bond acceptors (Lipinski definition) is 4. The summed E-state index contributed by atoms with van der Waals surface area (Å²) in [4.78, 5) is 30.3. The van der Waals surface area contributed by atoms with Gasteiger partial charge in [-0.3, -0.25) is 19.2 Å². The lowest BCUT2D eigenvalue weighted by atomic mass is 10.1. The van der Waals surface area contributed by atoms with E-state index in [9.17, 15) is 9.59 Å². The molecule has 8 heteroatoms. The van der Waals surface area contributed by atoms with Gasteiger partial charge in [-0.2, -0.15) is 5.10 Å². The van der Waals surface area contributed by atoms with Crippen molar-refractivity contribution in [3.63, 3.8) is 0 Å². The van der Waals surface area contributed by atoms with E-state index in [4.69, 9.17) is 11.6 Å². The highest BCUT2D eigenvalue weighted by Gasteiger charge is 2.18. The number of benzene rings is 2. The molecule has 3 rings (SSSR count). The summed E-state index contributed by atoms with van der Waals surface area (Å²) in [5.41, 5.74) is 3.37. The van der Waals surface area contributed by atoms with Crippen LogP contribution in [0.1, 0.15) is 37.9 Å². The molecule has 0 aliphatic rings. The Morgan fingerprint density at radius 2 is 1.41 bits per heavy atom.